The molecule has 0 aliphatic carbocycles. The van der Waals surface area contributed by atoms with E-state index in [0.29, 0.717) is 0 Å². The van der Waals surface area contributed by atoms with Crippen molar-refractivity contribution in [1.82, 2.24) is 0 Å². The highest BCUT2D eigenvalue weighted by molar-refractivity contribution is 7.51. The van der Waals surface area contributed by atoms with Gasteiger partial charge in [-0.2, -0.15) is 0 Å². The molecule has 1 unspecified atom stereocenters. The van der Waals surface area contributed by atoms with E-state index in [2.05, 4.69) is 0 Å². The molecule has 0 aromatic rings. The standard InChI is InChI=1S/C5H11O5P/c1-2-4(5(6)7)3-11(8,9)10/h4H,2-3H2,1H3,(H,6,7)(H2,8,9,10). The number of hydrogen-bond donors (Lipinski definition) is 3. The Bertz CT molecular complexity index is 183. The fourth-order valence-electron chi connectivity index (χ4n) is 0.669. The minimum absolute atomic E-state index is 0.237. The summed E-state index contributed by atoms with van der Waals surface area (Å²) in [6, 6.07) is 0. The molecule has 66 valence electrons. The average molecular weight is 182 g/mol. The molecule has 0 rings (SSSR count). The minimum Gasteiger partial charge on any atom is -0.481 e. The second-order valence-corrected chi connectivity index (χ2v) is 3.99. The molecule has 0 aromatic carbocycles. The first-order valence-electron chi connectivity index (χ1n) is 3.14. The smallest absolute Gasteiger partial charge is 0.326 e. The predicted molar refractivity (Wildman–Crippen MR) is 38.3 cm³/mol. The Morgan fingerprint density at radius 3 is 2.09 bits per heavy atom. The van der Waals surface area contributed by atoms with Gasteiger partial charge in [0.25, 0.3) is 0 Å². The molecule has 0 amide bonds. The lowest BCUT2D eigenvalue weighted by Crippen LogP contribution is -2.16. The molecular formula is C5H11O5P. The Hall–Kier alpha value is -0.380. The van der Waals surface area contributed by atoms with E-state index in [1.807, 2.05) is 0 Å². The molecule has 3 N–H and O–H groups in total. The van der Waals surface area contributed by atoms with E-state index in [9.17, 15) is 9.36 Å². The quantitative estimate of drug-likeness (QED) is 0.542. The van der Waals surface area contributed by atoms with Crippen LogP contribution >= 0.6 is 7.60 Å². The van der Waals surface area contributed by atoms with Gasteiger partial charge >= 0.3 is 13.6 Å². The highest BCUT2D eigenvalue weighted by atomic mass is 31.2. The summed E-state index contributed by atoms with van der Waals surface area (Å²) in [7, 11) is -4.17. The normalized spacial score (nSPS) is 14.5. The Morgan fingerprint density at radius 1 is 1.55 bits per heavy atom. The molecule has 0 spiro atoms. The van der Waals surface area contributed by atoms with E-state index in [-0.39, 0.29) is 6.42 Å². The van der Waals surface area contributed by atoms with E-state index < -0.39 is 25.6 Å². The highest BCUT2D eigenvalue weighted by Crippen LogP contribution is 2.37. The molecule has 0 fully saturated rings. The van der Waals surface area contributed by atoms with Crippen LogP contribution in [0, 0.1) is 5.92 Å². The van der Waals surface area contributed by atoms with E-state index in [1.54, 1.807) is 6.92 Å². The third-order valence-electron chi connectivity index (χ3n) is 1.30. The van der Waals surface area contributed by atoms with Crippen molar-refractivity contribution in [2.75, 3.05) is 6.16 Å². The van der Waals surface area contributed by atoms with Crippen molar-refractivity contribution in [2.24, 2.45) is 5.92 Å². The molecule has 1 atom stereocenters. The van der Waals surface area contributed by atoms with Crippen LogP contribution in [0.3, 0.4) is 0 Å². The van der Waals surface area contributed by atoms with Crippen molar-refractivity contribution in [2.45, 2.75) is 13.3 Å². The van der Waals surface area contributed by atoms with E-state index in [4.69, 9.17) is 14.9 Å². The third kappa shape index (κ3) is 4.95. The van der Waals surface area contributed by atoms with Crippen molar-refractivity contribution in [3.63, 3.8) is 0 Å². The van der Waals surface area contributed by atoms with Gasteiger partial charge in [0.2, 0.25) is 0 Å². The summed E-state index contributed by atoms with van der Waals surface area (Å²) in [6.07, 6.45) is -0.334. The molecule has 0 radical (unpaired) electrons. The zero-order valence-electron chi connectivity index (χ0n) is 6.10. The lowest BCUT2D eigenvalue weighted by molar-refractivity contribution is -0.141. The second kappa shape index (κ2) is 3.85. The largest absolute Gasteiger partial charge is 0.481 e. The molecule has 0 saturated carbocycles. The Balaban J connectivity index is 4.10. The molecule has 0 bridgehead atoms. The van der Waals surface area contributed by atoms with Crippen LogP contribution in [-0.2, 0) is 9.36 Å². The number of aliphatic carboxylic acids is 1. The number of carboxylic acid groups (broad SMARTS) is 1. The SMILES string of the molecule is CCC(CP(=O)(O)O)C(=O)O. The van der Waals surface area contributed by atoms with Gasteiger partial charge in [-0.3, -0.25) is 9.36 Å². The van der Waals surface area contributed by atoms with Gasteiger partial charge in [0.15, 0.2) is 0 Å². The number of rotatable bonds is 4. The lowest BCUT2D eigenvalue weighted by Gasteiger charge is -2.09. The molecule has 0 aliphatic rings. The average Bonchev–Trinajstić information content (AvgIpc) is 1.80. The highest BCUT2D eigenvalue weighted by Gasteiger charge is 2.25. The Labute approximate surface area is 64.2 Å². The van der Waals surface area contributed by atoms with E-state index in [0.717, 1.165) is 0 Å². The van der Waals surface area contributed by atoms with Crippen LogP contribution in [0.15, 0.2) is 0 Å². The summed E-state index contributed by atoms with van der Waals surface area (Å²) in [6.45, 7) is 1.58. The van der Waals surface area contributed by atoms with Crippen molar-refractivity contribution in [1.29, 1.82) is 0 Å². The monoisotopic (exact) mass is 182 g/mol. The molecule has 0 heterocycles. The summed E-state index contributed by atoms with van der Waals surface area (Å²) in [5.74, 6) is -2.09. The van der Waals surface area contributed by atoms with Gasteiger partial charge in [0, 0.05) is 0 Å². The van der Waals surface area contributed by atoms with Gasteiger partial charge in [0.05, 0.1) is 12.1 Å². The maximum Gasteiger partial charge on any atom is 0.326 e. The molecule has 0 aliphatic heterocycles. The number of hydrogen-bond acceptors (Lipinski definition) is 2. The Morgan fingerprint density at radius 2 is 2.00 bits per heavy atom. The van der Waals surface area contributed by atoms with Crippen LogP contribution in [-0.4, -0.2) is 27.0 Å². The predicted octanol–water partition coefficient (Wildman–Crippen LogP) is 0.275. The summed E-state index contributed by atoms with van der Waals surface area (Å²) < 4.78 is 10.3. The fourth-order valence-corrected chi connectivity index (χ4v) is 1.66. The summed E-state index contributed by atoms with van der Waals surface area (Å²) in [5.41, 5.74) is 0. The Kier molecular flexibility index (Phi) is 3.72. The number of carboxylic acids is 1. The van der Waals surface area contributed by atoms with Crippen molar-refractivity contribution < 1.29 is 24.3 Å². The third-order valence-corrected chi connectivity index (χ3v) is 2.22. The van der Waals surface area contributed by atoms with Gasteiger partial charge in [-0.15, -0.1) is 0 Å². The van der Waals surface area contributed by atoms with Crippen LogP contribution < -0.4 is 0 Å². The lowest BCUT2D eigenvalue weighted by atomic mass is 10.1. The first-order valence-corrected chi connectivity index (χ1v) is 4.94. The van der Waals surface area contributed by atoms with Gasteiger partial charge in [-0.25, -0.2) is 0 Å². The topological polar surface area (TPSA) is 94.8 Å². The number of carbonyl (C=O) groups is 1. The van der Waals surface area contributed by atoms with Crippen LogP contribution in [0.25, 0.3) is 0 Å². The summed E-state index contributed by atoms with van der Waals surface area (Å²) in [5, 5.41) is 8.39. The first-order chi connectivity index (χ1) is 4.87. The van der Waals surface area contributed by atoms with Gasteiger partial charge in [-0.05, 0) is 6.42 Å². The first kappa shape index (κ1) is 10.6. The zero-order chi connectivity index (χ0) is 9.07. The van der Waals surface area contributed by atoms with Crippen LogP contribution in [0.5, 0.6) is 0 Å². The minimum atomic E-state index is -4.17. The molecule has 0 aromatic heterocycles. The van der Waals surface area contributed by atoms with Crippen LogP contribution in [0.1, 0.15) is 13.3 Å². The van der Waals surface area contributed by atoms with Crippen molar-refractivity contribution >= 4 is 13.6 Å². The van der Waals surface area contributed by atoms with Gasteiger partial charge in [0.1, 0.15) is 0 Å². The van der Waals surface area contributed by atoms with E-state index >= 15 is 0 Å². The summed E-state index contributed by atoms with van der Waals surface area (Å²) >= 11 is 0. The van der Waals surface area contributed by atoms with Crippen molar-refractivity contribution in [3.8, 4) is 0 Å². The zero-order valence-corrected chi connectivity index (χ0v) is 6.99. The second-order valence-electron chi connectivity index (χ2n) is 2.29. The molecular weight excluding hydrogens is 171 g/mol. The molecule has 0 saturated heterocycles. The van der Waals surface area contributed by atoms with Crippen LogP contribution in [0.4, 0.5) is 0 Å². The van der Waals surface area contributed by atoms with Crippen LogP contribution in [0.2, 0.25) is 0 Å². The van der Waals surface area contributed by atoms with E-state index in [1.165, 1.54) is 0 Å². The maximum absolute atomic E-state index is 10.3. The molecule has 5 nitrogen and oxygen atoms in total. The van der Waals surface area contributed by atoms with Gasteiger partial charge < -0.3 is 14.9 Å². The van der Waals surface area contributed by atoms with Gasteiger partial charge in [-0.1, -0.05) is 6.92 Å². The molecule has 11 heavy (non-hydrogen) atoms. The fraction of sp³-hybridized carbons (Fsp3) is 0.800. The van der Waals surface area contributed by atoms with Crippen molar-refractivity contribution in [3.05, 3.63) is 0 Å². The maximum atomic E-state index is 10.3. The molecule has 6 heteroatoms. The summed E-state index contributed by atoms with van der Waals surface area (Å²) in [4.78, 5) is 27.1.